The molecule has 7 nitrogen and oxygen atoms in total. The first-order valence-electron chi connectivity index (χ1n) is 11.0. The van der Waals surface area contributed by atoms with Crippen LogP contribution in [0.1, 0.15) is 34.5 Å². The molecule has 32 heavy (non-hydrogen) atoms. The minimum Gasteiger partial charge on any atom is -0.478 e. The number of aromatic nitrogens is 2. The average Bonchev–Trinajstić information content (AvgIpc) is 2.74. The third-order valence-corrected chi connectivity index (χ3v) is 9.50. The number of rotatable bonds is 5. The lowest BCUT2D eigenvalue weighted by Gasteiger charge is -2.36. The molecule has 3 heterocycles. The third kappa shape index (κ3) is 4.41. The fourth-order valence-corrected chi connectivity index (χ4v) is 6.29. The molecule has 1 fully saturated rings. The summed E-state index contributed by atoms with van der Waals surface area (Å²) in [5, 5.41) is 12.8. The van der Waals surface area contributed by atoms with Crippen LogP contribution in [0.4, 0.5) is 11.5 Å². The van der Waals surface area contributed by atoms with Crippen molar-refractivity contribution in [1.29, 1.82) is 0 Å². The molecule has 2 N–H and O–H groups in total. The largest absolute Gasteiger partial charge is 0.478 e. The summed E-state index contributed by atoms with van der Waals surface area (Å²) in [6.45, 7) is 10.6. The van der Waals surface area contributed by atoms with Gasteiger partial charge in [-0.05, 0) is 49.7 Å². The monoisotopic (exact) mass is 450 g/mol. The summed E-state index contributed by atoms with van der Waals surface area (Å²) in [4.78, 5) is 31.8. The Kier molecular flexibility index (Phi) is 5.81. The number of carboxylic acids is 1. The van der Waals surface area contributed by atoms with E-state index < -0.39 is 14.0 Å². The van der Waals surface area contributed by atoms with Gasteiger partial charge in [-0.1, -0.05) is 25.2 Å². The van der Waals surface area contributed by atoms with Gasteiger partial charge < -0.3 is 15.3 Å². The van der Waals surface area contributed by atoms with Crippen LogP contribution in [0.5, 0.6) is 0 Å². The van der Waals surface area contributed by atoms with E-state index in [1.807, 2.05) is 26.1 Å². The second kappa shape index (κ2) is 8.42. The zero-order valence-electron chi connectivity index (χ0n) is 19.1. The highest BCUT2D eigenvalue weighted by molar-refractivity contribution is 6.77. The fourth-order valence-electron chi connectivity index (χ4n) is 4.29. The molecule has 0 radical (unpaired) electrons. The van der Waals surface area contributed by atoms with Gasteiger partial charge in [0.05, 0.1) is 19.7 Å². The van der Waals surface area contributed by atoms with Crippen LogP contribution in [0.2, 0.25) is 25.2 Å². The van der Waals surface area contributed by atoms with Crippen LogP contribution in [-0.4, -0.2) is 41.6 Å². The summed E-state index contributed by atoms with van der Waals surface area (Å²) < 4.78 is 1.60. The molecule has 1 atom stereocenters. The zero-order valence-corrected chi connectivity index (χ0v) is 20.1. The maximum atomic E-state index is 13.0. The molecule has 1 saturated heterocycles. The molecule has 0 saturated carbocycles. The number of hydrogen-bond acceptors (Lipinski definition) is 5. The van der Waals surface area contributed by atoms with E-state index in [0.717, 1.165) is 30.0 Å². The van der Waals surface area contributed by atoms with Crippen molar-refractivity contribution < 1.29 is 9.90 Å². The van der Waals surface area contributed by atoms with Crippen LogP contribution in [0.15, 0.2) is 47.4 Å². The van der Waals surface area contributed by atoms with Gasteiger partial charge >= 0.3 is 5.97 Å². The summed E-state index contributed by atoms with van der Waals surface area (Å²) in [7, 11) is -1.14. The topological polar surface area (TPSA) is 86.9 Å². The van der Waals surface area contributed by atoms with E-state index in [0.29, 0.717) is 11.3 Å². The lowest BCUT2D eigenvalue weighted by molar-refractivity contribution is 0.0698. The lowest BCUT2D eigenvalue weighted by Crippen LogP contribution is -2.43. The van der Waals surface area contributed by atoms with Crippen LogP contribution in [-0.2, 0) is 0 Å². The molecule has 0 spiro atoms. The van der Waals surface area contributed by atoms with Gasteiger partial charge in [-0.2, -0.15) is 0 Å². The highest BCUT2D eigenvalue weighted by Gasteiger charge is 2.28. The Morgan fingerprint density at radius 3 is 2.56 bits per heavy atom. The first-order chi connectivity index (χ1) is 15.1. The van der Waals surface area contributed by atoms with Crippen molar-refractivity contribution in [2.24, 2.45) is 0 Å². The van der Waals surface area contributed by atoms with Crippen molar-refractivity contribution in [3.63, 3.8) is 0 Å². The molecular weight excluding hydrogens is 420 g/mol. The van der Waals surface area contributed by atoms with Crippen molar-refractivity contribution in [2.75, 3.05) is 23.3 Å². The Morgan fingerprint density at radius 1 is 1.19 bits per heavy atom. The molecule has 1 unspecified atom stereocenters. The summed E-state index contributed by atoms with van der Waals surface area (Å²) in [5.41, 5.74) is 3.05. The molecule has 168 valence electrons. The van der Waals surface area contributed by atoms with Gasteiger partial charge in [0.25, 0.3) is 5.56 Å². The number of aromatic carboxylic acids is 1. The molecule has 1 aliphatic rings. The number of carboxylic acid groups (broad SMARTS) is 1. The van der Waals surface area contributed by atoms with Crippen LogP contribution in [0.25, 0.3) is 5.65 Å². The molecule has 0 bridgehead atoms. The van der Waals surface area contributed by atoms with E-state index in [1.54, 1.807) is 34.7 Å². The van der Waals surface area contributed by atoms with Crippen molar-refractivity contribution in [1.82, 2.24) is 9.38 Å². The predicted octanol–water partition coefficient (Wildman–Crippen LogP) is 4.40. The summed E-state index contributed by atoms with van der Waals surface area (Å²) in [5.74, 6) is -0.259. The first kappa shape index (κ1) is 22.1. The summed E-state index contributed by atoms with van der Waals surface area (Å²) >= 11 is 0. The molecule has 4 rings (SSSR count). The van der Waals surface area contributed by atoms with E-state index in [2.05, 4.69) is 23.3 Å². The number of nitrogens with one attached hydrogen (secondary N) is 1. The van der Waals surface area contributed by atoms with Crippen LogP contribution in [0.3, 0.4) is 0 Å². The zero-order chi connectivity index (χ0) is 23.0. The summed E-state index contributed by atoms with van der Waals surface area (Å²) in [6.07, 6.45) is 1.81. The second-order valence-electron chi connectivity index (χ2n) is 9.49. The standard InChI is InChI=1S/C24H30N4O3Si/c1-16-13-19(17(2)25-20-8-6-5-7-18(20)24(30)31)23-26-21(14-22(29)28(23)15-16)27-9-11-32(3,4)12-10-27/h5-8,13-15,17,25H,9-12H2,1-4H3,(H,30,31). The van der Waals surface area contributed by atoms with Gasteiger partial charge in [0.15, 0.2) is 0 Å². The number of para-hydroxylation sites is 1. The average molecular weight is 451 g/mol. The summed E-state index contributed by atoms with van der Waals surface area (Å²) in [6, 6.07) is 12.6. The number of aryl methyl sites for hydroxylation is 1. The number of nitrogens with zero attached hydrogens (tertiary/aromatic N) is 3. The predicted molar refractivity (Wildman–Crippen MR) is 131 cm³/mol. The van der Waals surface area contributed by atoms with E-state index in [4.69, 9.17) is 4.98 Å². The van der Waals surface area contributed by atoms with Gasteiger partial charge in [0.2, 0.25) is 0 Å². The molecule has 3 aromatic rings. The van der Waals surface area contributed by atoms with Gasteiger partial charge in [-0.3, -0.25) is 9.20 Å². The Balaban J connectivity index is 1.75. The fraction of sp³-hybridized carbons (Fsp3) is 0.375. The minimum absolute atomic E-state index is 0.102. The molecule has 1 aliphatic heterocycles. The minimum atomic E-state index is -1.14. The maximum absolute atomic E-state index is 13.0. The number of hydrogen-bond donors (Lipinski definition) is 2. The van der Waals surface area contributed by atoms with Gasteiger partial charge in [0.1, 0.15) is 11.5 Å². The molecule has 0 amide bonds. The third-order valence-electron chi connectivity index (χ3n) is 6.35. The van der Waals surface area contributed by atoms with Gasteiger partial charge in [-0.15, -0.1) is 0 Å². The SMILES string of the molecule is Cc1cc(C(C)Nc2ccccc2C(=O)O)c2nc(N3CC[Si](C)(C)CC3)cc(=O)n2c1. The highest BCUT2D eigenvalue weighted by Crippen LogP contribution is 2.28. The van der Waals surface area contributed by atoms with Gasteiger partial charge in [0, 0.05) is 36.6 Å². The molecule has 1 aromatic carbocycles. The number of pyridine rings is 1. The van der Waals surface area contributed by atoms with Crippen molar-refractivity contribution in [3.8, 4) is 0 Å². The molecule has 2 aromatic heterocycles. The Labute approximate surface area is 188 Å². The Bertz CT molecular complexity index is 1230. The lowest BCUT2D eigenvalue weighted by atomic mass is 10.1. The molecular formula is C24H30N4O3Si. The Hall–Kier alpha value is -3.13. The van der Waals surface area contributed by atoms with E-state index in [-0.39, 0.29) is 17.2 Å². The smallest absolute Gasteiger partial charge is 0.337 e. The molecule has 8 heteroatoms. The van der Waals surface area contributed by atoms with Crippen LogP contribution < -0.4 is 15.8 Å². The first-order valence-corrected chi connectivity index (χ1v) is 14.4. The maximum Gasteiger partial charge on any atom is 0.337 e. The van der Waals surface area contributed by atoms with Crippen molar-refractivity contribution in [3.05, 3.63) is 69.6 Å². The quantitative estimate of drug-likeness (QED) is 0.560. The normalized spacial score (nSPS) is 16.7. The highest BCUT2D eigenvalue weighted by atomic mass is 28.3. The van der Waals surface area contributed by atoms with Crippen LogP contribution in [0, 0.1) is 6.92 Å². The molecule has 0 aliphatic carbocycles. The van der Waals surface area contributed by atoms with Crippen LogP contribution >= 0.6 is 0 Å². The number of anilines is 2. The van der Waals surface area contributed by atoms with E-state index in [1.165, 1.54) is 12.1 Å². The van der Waals surface area contributed by atoms with Crippen molar-refractivity contribution in [2.45, 2.75) is 45.1 Å². The number of carbonyl (C=O) groups is 1. The number of benzene rings is 1. The van der Waals surface area contributed by atoms with E-state index >= 15 is 0 Å². The number of fused-ring (bicyclic) bond motifs is 1. The van der Waals surface area contributed by atoms with Gasteiger partial charge in [-0.25, -0.2) is 9.78 Å². The Morgan fingerprint density at radius 2 is 1.88 bits per heavy atom. The second-order valence-corrected chi connectivity index (χ2v) is 14.8. The van der Waals surface area contributed by atoms with E-state index in [9.17, 15) is 14.7 Å². The van der Waals surface area contributed by atoms with Crippen molar-refractivity contribution >= 4 is 31.2 Å².